The van der Waals surface area contributed by atoms with Gasteiger partial charge in [0.2, 0.25) is 0 Å². The first-order chi connectivity index (χ1) is 12.9. The number of hydrogen-bond donors (Lipinski definition) is 0. The summed E-state index contributed by atoms with van der Waals surface area (Å²) < 4.78 is 16.0. The van der Waals surface area contributed by atoms with E-state index in [1.165, 1.54) is 0 Å². The molecule has 0 bridgehead atoms. The number of rotatable bonds is 7. The van der Waals surface area contributed by atoms with Crippen molar-refractivity contribution < 1.29 is 23.8 Å². The molecule has 2 rings (SSSR count). The van der Waals surface area contributed by atoms with E-state index in [9.17, 15) is 9.59 Å². The summed E-state index contributed by atoms with van der Waals surface area (Å²) in [5, 5.41) is 0. The SMILES string of the molecule is CCOC(=O)c1c(C)nc(C)c(C(=O)OCC)c1-c1cccc(OCC)c1. The molecule has 0 fully saturated rings. The van der Waals surface area contributed by atoms with Gasteiger partial charge in [0.1, 0.15) is 5.75 Å². The lowest BCUT2D eigenvalue weighted by atomic mass is 9.92. The number of benzene rings is 1. The van der Waals surface area contributed by atoms with E-state index in [1.54, 1.807) is 33.8 Å². The maximum atomic E-state index is 12.7. The second-order valence-electron chi connectivity index (χ2n) is 5.81. The standard InChI is InChI=1S/C21H25NO5/c1-6-25-16-11-9-10-15(12-16)19-17(20(23)26-7-2)13(4)22-14(5)18(19)21(24)27-8-3/h9-12H,6-8H2,1-5H3. The van der Waals surface area contributed by atoms with Crippen molar-refractivity contribution in [1.82, 2.24) is 4.98 Å². The van der Waals surface area contributed by atoms with Crippen molar-refractivity contribution in [3.05, 3.63) is 46.8 Å². The molecule has 6 nitrogen and oxygen atoms in total. The maximum Gasteiger partial charge on any atom is 0.340 e. The fourth-order valence-electron chi connectivity index (χ4n) is 2.95. The molecule has 0 aliphatic carbocycles. The molecule has 0 atom stereocenters. The smallest absolute Gasteiger partial charge is 0.340 e. The highest BCUT2D eigenvalue weighted by molar-refractivity contribution is 6.07. The Kier molecular flexibility index (Phi) is 6.93. The van der Waals surface area contributed by atoms with Crippen LogP contribution in [0.4, 0.5) is 0 Å². The van der Waals surface area contributed by atoms with E-state index in [4.69, 9.17) is 14.2 Å². The van der Waals surface area contributed by atoms with Gasteiger partial charge in [-0.3, -0.25) is 4.98 Å². The van der Waals surface area contributed by atoms with Gasteiger partial charge < -0.3 is 14.2 Å². The van der Waals surface area contributed by atoms with Crippen molar-refractivity contribution in [2.24, 2.45) is 0 Å². The van der Waals surface area contributed by atoms with Crippen molar-refractivity contribution in [2.75, 3.05) is 19.8 Å². The van der Waals surface area contributed by atoms with Crippen molar-refractivity contribution in [1.29, 1.82) is 0 Å². The molecule has 1 aromatic heterocycles. The summed E-state index contributed by atoms with van der Waals surface area (Å²) in [6, 6.07) is 7.25. The average Bonchev–Trinajstić information content (AvgIpc) is 2.61. The predicted octanol–water partition coefficient (Wildman–Crippen LogP) is 4.12. The second-order valence-corrected chi connectivity index (χ2v) is 5.81. The number of aryl methyl sites for hydroxylation is 2. The molecule has 0 amide bonds. The highest BCUT2D eigenvalue weighted by Crippen LogP contribution is 2.34. The van der Waals surface area contributed by atoms with Crippen LogP contribution in [-0.4, -0.2) is 36.7 Å². The molecular weight excluding hydrogens is 346 g/mol. The molecule has 0 unspecified atom stereocenters. The second kappa shape index (κ2) is 9.16. The van der Waals surface area contributed by atoms with Crippen LogP contribution in [-0.2, 0) is 9.47 Å². The summed E-state index contributed by atoms with van der Waals surface area (Å²) in [5.41, 5.74) is 2.64. The third-order valence-electron chi connectivity index (χ3n) is 3.95. The van der Waals surface area contributed by atoms with Crippen LogP contribution in [0, 0.1) is 13.8 Å². The highest BCUT2D eigenvalue weighted by atomic mass is 16.5. The third kappa shape index (κ3) is 4.45. The summed E-state index contributed by atoms with van der Waals surface area (Å²) in [4.78, 5) is 29.7. The molecule has 0 aliphatic heterocycles. The van der Waals surface area contributed by atoms with E-state index in [-0.39, 0.29) is 24.3 Å². The molecule has 6 heteroatoms. The van der Waals surface area contributed by atoms with E-state index < -0.39 is 11.9 Å². The van der Waals surface area contributed by atoms with Crippen LogP contribution >= 0.6 is 0 Å². The lowest BCUT2D eigenvalue weighted by Crippen LogP contribution is -2.17. The van der Waals surface area contributed by atoms with Gasteiger partial charge in [-0.15, -0.1) is 0 Å². The zero-order valence-electron chi connectivity index (χ0n) is 16.4. The lowest BCUT2D eigenvalue weighted by Gasteiger charge is -2.18. The summed E-state index contributed by atoms with van der Waals surface area (Å²) >= 11 is 0. The van der Waals surface area contributed by atoms with Gasteiger partial charge in [-0.1, -0.05) is 12.1 Å². The predicted molar refractivity (Wildman–Crippen MR) is 102 cm³/mol. The Morgan fingerprint density at radius 1 is 0.889 bits per heavy atom. The van der Waals surface area contributed by atoms with Gasteiger partial charge in [-0.05, 0) is 52.3 Å². The minimum absolute atomic E-state index is 0.222. The van der Waals surface area contributed by atoms with E-state index >= 15 is 0 Å². The van der Waals surface area contributed by atoms with Crippen LogP contribution in [0.1, 0.15) is 52.9 Å². The number of pyridine rings is 1. The highest BCUT2D eigenvalue weighted by Gasteiger charge is 2.27. The summed E-state index contributed by atoms with van der Waals surface area (Å²) in [5.74, 6) is -0.401. The Hall–Kier alpha value is -2.89. The number of hydrogen-bond acceptors (Lipinski definition) is 6. The third-order valence-corrected chi connectivity index (χ3v) is 3.95. The van der Waals surface area contributed by atoms with Crippen LogP contribution in [0.25, 0.3) is 11.1 Å². The van der Waals surface area contributed by atoms with Gasteiger partial charge >= 0.3 is 11.9 Å². The summed E-state index contributed by atoms with van der Waals surface area (Å²) in [6.45, 7) is 9.76. The van der Waals surface area contributed by atoms with E-state index in [0.29, 0.717) is 34.9 Å². The number of ether oxygens (including phenoxy) is 3. The number of carbonyl (C=O) groups excluding carboxylic acids is 2. The Morgan fingerprint density at radius 2 is 1.44 bits per heavy atom. The summed E-state index contributed by atoms with van der Waals surface area (Å²) in [7, 11) is 0. The molecule has 0 radical (unpaired) electrons. The van der Waals surface area contributed by atoms with Crippen LogP contribution in [0.3, 0.4) is 0 Å². The van der Waals surface area contributed by atoms with Crippen LogP contribution in [0.5, 0.6) is 5.75 Å². The van der Waals surface area contributed by atoms with Crippen LogP contribution in [0.15, 0.2) is 24.3 Å². The molecule has 0 saturated carbocycles. The van der Waals surface area contributed by atoms with Gasteiger partial charge in [0.25, 0.3) is 0 Å². The Labute approximate surface area is 159 Å². The van der Waals surface area contributed by atoms with Gasteiger partial charge in [-0.25, -0.2) is 9.59 Å². The first-order valence-corrected chi connectivity index (χ1v) is 9.03. The average molecular weight is 371 g/mol. The van der Waals surface area contributed by atoms with Gasteiger partial charge in [0.15, 0.2) is 0 Å². The van der Waals surface area contributed by atoms with Gasteiger partial charge in [-0.2, -0.15) is 0 Å². The Balaban J connectivity index is 2.82. The maximum absolute atomic E-state index is 12.7. The lowest BCUT2D eigenvalue weighted by molar-refractivity contribution is 0.0525. The normalized spacial score (nSPS) is 10.4. The Morgan fingerprint density at radius 3 is 1.93 bits per heavy atom. The molecule has 0 saturated heterocycles. The number of carbonyl (C=O) groups is 2. The van der Waals surface area contributed by atoms with Crippen molar-refractivity contribution in [3.63, 3.8) is 0 Å². The molecule has 144 valence electrons. The van der Waals surface area contributed by atoms with E-state index in [1.807, 2.05) is 25.1 Å². The molecule has 0 N–H and O–H groups in total. The quantitative estimate of drug-likeness (QED) is 0.682. The molecule has 1 heterocycles. The van der Waals surface area contributed by atoms with Crippen molar-refractivity contribution in [2.45, 2.75) is 34.6 Å². The number of esters is 2. The van der Waals surface area contributed by atoms with Gasteiger partial charge in [0.05, 0.1) is 42.3 Å². The first kappa shape index (κ1) is 20.4. The van der Waals surface area contributed by atoms with Crippen LogP contribution < -0.4 is 4.74 Å². The zero-order chi connectivity index (χ0) is 20.0. The Bertz CT molecular complexity index is 802. The molecule has 27 heavy (non-hydrogen) atoms. The first-order valence-electron chi connectivity index (χ1n) is 9.03. The largest absolute Gasteiger partial charge is 0.494 e. The van der Waals surface area contributed by atoms with E-state index in [0.717, 1.165) is 0 Å². The summed E-state index contributed by atoms with van der Waals surface area (Å²) in [6.07, 6.45) is 0. The molecule has 2 aromatic rings. The fourth-order valence-corrected chi connectivity index (χ4v) is 2.95. The fraction of sp³-hybridized carbons (Fsp3) is 0.381. The van der Waals surface area contributed by atoms with E-state index in [2.05, 4.69) is 4.98 Å². The van der Waals surface area contributed by atoms with Gasteiger partial charge in [0, 0.05) is 5.56 Å². The topological polar surface area (TPSA) is 74.7 Å². The monoisotopic (exact) mass is 371 g/mol. The minimum Gasteiger partial charge on any atom is -0.494 e. The molecular formula is C21H25NO5. The number of aromatic nitrogens is 1. The number of nitrogens with zero attached hydrogens (tertiary/aromatic N) is 1. The zero-order valence-corrected chi connectivity index (χ0v) is 16.4. The molecule has 0 aliphatic rings. The van der Waals surface area contributed by atoms with Crippen LogP contribution in [0.2, 0.25) is 0 Å². The minimum atomic E-state index is -0.523. The van der Waals surface area contributed by atoms with Crippen molar-refractivity contribution >= 4 is 11.9 Å². The van der Waals surface area contributed by atoms with Crippen molar-refractivity contribution in [3.8, 4) is 16.9 Å². The molecule has 0 spiro atoms. The molecule has 1 aromatic carbocycles.